The molecule has 0 saturated heterocycles. The summed E-state index contributed by atoms with van der Waals surface area (Å²) in [5, 5.41) is 6.34. The Bertz CT molecular complexity index is 755. The SMILES string of the molecule is Cc1c(Cl)nc2ncnn2c1SCc1ccc(Cl)cc1. The molecule has 0 aliphatic carbocycles. The Balaban J connectivity index is 1.92. The van der Waals surface area contributed by atoms with Crippen molar-refractivity contribution in [3.05, 3.63) is 51.9 Å². The van der Waals surface area contributed by atoms with Crippen LogP contribution in [0.25, 0.3) is 5.78 Å². The van der Waals surface area contributed by atoms with E-state index in [1.807, 2.05) is 31.2 Å². The van der Waals surface area contributed by atoms with Gasteiger partial charge in [0.25, 0.3) is 5.78 Å². The van der Waals surface area contributed by atoms with Crippen molar-refractivity contribution < 1.29 is 0 Å². The van der Waals surface area contributed by atoms with Crippen LogP contribution in [0.5, 0.6) is 0 Å². The van der Waals surface area contributed by atoms with Gasteiger partial charge < -0.3 is 0 Å². The third-order valence-electron chi connectivity index (χ3n) is 2.84. The Labute approximate surface area is 130 Å². The number of benzene rings is 1. The molecule has 3 rings (SSSR count). The van der Waals surface area contributed by atoms with E-state index in [0.717, 1.165) is 21.4 Å². The number of nitrogens with zero attached hydrogens (tertiary/aromatic N) is 4. The first-order chi connectivity index (χ1) is 9.65. The highest BCUT2D eigenvalue weighted by molar-refractivity contribution is 7.98. The zero-order valence-corrected chi connectivity index (χ0v) is 12.9. The molecule has 102 valence electrons. The quantitative estimate of drug-likeness (QED) is 0.539. The molecule has 0 atom stereocenters. The van der Waals surface area contributed by atoms with Gasteiger partial charge in [-0.2, -0.15) is 19.6 Å². The Kier molecular flexibility index (Phi) is 3.83. The van der Waals surface area contributed by atoms with Crippen LogP contribution in [-0.2, 0) is 5.75 Å². The van der Waals surface area contributed by atoms with Crippen molar-refractivity contribution in [2.45, 2.75) is 17.7 Å². The molecule has 1 aromatic carbocycles. The van der Waals surface area contributed by atoms with Gasteiger partial charge >= 0.3 is 0 Å². The monoisotopic (exact) mass is 324 g/mol. The van der Waals surface area contributed by atoms with Crippen LogP contribution in [0.15, 0.2) is 35.6 Å². The molecular formula is C13H10Cl2N4S. The van der Waals surface area contributed by atoms with Crippen LogP contribution in [0, 0.1) is 6.92 Å². The molecule has 0 spiro atoms. The summed E-state index contributed by atoms with van der Waals surface area (Å²) in [5.74, 6) is 1.31. The molecule has 0 N–H and O–H groups in total. The average molecular weight is 325 g/mol. The lowest BCUT2D eigenvalue weighted by Gasteiger charge is -2.08. The van der Waals surface area contributed by atoms with Gasteiger partial charge in [0.05, 0.1) is 0 Å². The van der Waals surface area contributed by atoms with E-state index >= 15 is 0 Å². The molecule has 20 heavy (non-hydrogen) atoms. The minimum absolute atomic E-state index is 0.462. The van der Waals surface area contributed by atoms with Crippen molar-refractivity contribution >= 4 is 40.7 Å². The number of fused-ring (bicyclic) bond motifs is 1. The number of rotatable bonds is 3. The third kappa shape index (κ3) is 2.61. The smallest absolute Gasteiger partial charge is 0.199 e. The van der Waals surface area contributed by atoms with Crippen molar-refractivity contribution in [2.75, 3.05) is 0 Å². The predicted molar refractivity (Wildman–Crippen MR) is 81.5 cm³/mol. The van der Waals surface area contributed by atoms with E-state index in [2.05, 4.69) is 15.1 Å². The van der Waals surface area contributed by atoms with E-state index in [0.29, 0.717) is 10.9 Å². The average Bonchev–Trinajstić information content (AvgIpc) is 2.89. The minimum Gasteiger partial charge on any atom is -0.199 e. The highest BCUT2D eigenvalue weighted by atomic mass is 35.5. The van der Waals surface area contributed by atoms with Crippen LogP contribution < -0.4 is 0 Å². The molecule has 0 saturated carbocycles. The van der Waals surface area contributed by atoms with Gasteiger partial charge in [0.15, 0.2) is 0 Å². The van der Waals surface area contributed by atoms with Gasteiger partial charge in [-0.1, -0.05) is 35.3 Å². The molecular weight excluding hydrogens is 315 g/mol. The van der Waals surface area contributed by atoms with Gasteiger partial charge in [-0.15, -0.1) is 11.8 Å². The van der Waals surface area contributed by atoms with E-state index in [9.17, 15) is 0 Å². The maximum atomic E-state index is 6.13. The molecule has 0 radical (unpaired) electrons. The van der Waals surface area contributed by atoms with Crippen molar-refractivity contribution in [2.24, 2.45) is 0 Å². The molecule has 3 aromatic rings. The Hall–Kier alpha value is -1.30. The summed E-state index contributed by atoms with van der Waals surface area (Å²) < 4.78 is 1.71. The summed E-state index contributed by atoms with van der Waals surface area (Å²) in [6.45, 7) is 1.93. The minimum atomic E-state index is 0.462. The first kappa shape index (κ1) is 13.7. The Morgan fingerprint density at radius 1 is 1.20 bits per heavy atom. The Morgan fingerprint density at radius 3 is 2.70 bits per heavy atom. The second-order valence-corrected chi connectivity index (χ2v) is 5.98. The number of halogens is 2. The summed E-state index contributed by atoms with van der Waals surface area (Å²) in [6, 6.07) is 7.78. The van der Waals surface area contributed by atoms with Crippen LogP contribution in [0.1, 0.15) is 11.1 Å². The van der Waals surface area contributed by atoms with Gasteiger partial charge in [-0.05, 0) is 24.6 Å². The van der Waals surface area contributed by atoms with E-state index in [1.165, 1.54) is 11.9 Å². The highest BCUT2D eigenvalue weighted by Crippen LogP contribution is 2.29. The zero-order valence-electron chi connectivity index (χ0n) is 10.5. The maximum absolute atomic E-state index is 6.13. The standard InChI is InChI=1S/C13H10Cl2N4S/c1-8-11(15)18-13-16-7-17-19(13)12(8)20-6-9-2-4-10(14)5-3-9/h2-5,7H,6H2,1H3. The first-order valence-electron chi connectivity index (χ1n) is 5.88. The molecule has 2 aromatic heterocycles. The van der Waals surface area contributed by atoms with Gasteiger partial charge in [0, 0.05) is 16.3 Å². The van der Waals surface area contributed by atoms with Crippen molar-refractivity contribution in [1.29, 1.82) is 0 Å². The summed E-state index contributed by atoms with van der Waals surface area (Å²) >= 11 is 13.7. The molecule has 0 bridgehead atoms. The summed E-state index contributed by atoms with van der Waals surface area (Å²) in [4.78, 5) is 8.26. The Morgan fingerprint density at radius 2 is 1.95 bits per heavy atom. The van der Waals surface area contributed by atoms with Gasteiger partial charge in [-0.3, -0.25) is 0 Å². The highest BCUT2D eigenvalue weighted by Gasteiger charge is 2.12. The van der Waals surface area contributed by atoms with Crippen LogP contribution in [0.3, 0.4) is 0 Å². The molecule has 0 unspecified atom stereocenters. The molecule has 0 amide bonds. The molecule has 4 nitrogen and oxygen atoms in total. The lowest BCUT2D eigenvalue weighted by Crippen LogP contribution is -2.00. The molecule has 0 aliphatic heterocycles. The van der Waals surface area contributed by atoms with Crippen LogP contribution in [0.2, 0.25) is 10.2 Å². The van der Waals surface area contributed by atoms with E-state index in [1.54, 1.807) is 16.3 Å². The number of aromatic nitrogens is 4. The van der Waals surface area contributed by atoms with E-state index in [-0.39, 0.29) is 0 Å². The molecule has 0 fully saturated rings. The first-order valence-corrected chi connectivity index (χ1v) is 7.62. The summed E-state index contributed by atoms with van der Waals surface area (Å²) in [5.41, 5.74) is 2.09. The van der Waals surface area contributed by atoms with Crippen LogP contribution in [0.4, 0.5) is 0 Å². The lowest BCUT2D eigenvalue weighted by atomic mass is 10.2. The second kappa shape index (κ2) is 5.60. The number of hydrogen-bond donors (Lipinski definition) is 0. The van der Waals surface area contributed by atoms with Crippen molar-refractivity contribution in [3.8, 4) is 0 Å². The largest absolute Gasteiger partial charge is 0.254 e. The van der Waals surface area contributed by atoms with E-state index in [4.69, 9.17) is 23.2 Å². The fraction of sp³-hybridized carbons (Fsp3) is 0.154. The van der Waals surface area contributed by atoms with Gasteiger partial charge in [0.2, 0.25) is 0 Å². The fourth-order valence-corrected chi connectivity index (χ4v) is 3.18. The van der Waals surface area contributed by atoms with E-state index < -0.39 is 0 Å². The van der Waals surface area contributed by atoms with Gasteiger partial charge in [-0.25, -0.2) is 0 Å². The summed E-state index contributed by atoms with van der Waals surface area (Å²) in [7, 11) is 0. The topological polar surface area (TPSA) is 43.1 Å². The zero-order chi connectivity index (χ0) is 14.1. The van der Waals surface area contributed by atoms with Crippen LogP contribution in [-0.4, -0.2) is 19.6 Å². The molecule has 2 heterocycles. The fourth-order valence-electron chi connectivity index (χ4n) is 1.78. The van der Waals surface area contributed by atoms with Gasteiger partial charge in [0.1, 0.15) is 16.5 Å². The predicted octanol–water partition coefficient (Wildman–Crippen LogP) is 4.03. The third-order valence-corrected chi connectivity index (χ3v) is 4.69. The number of thioether (sulfide) groups is 1. The second-order valence-electron chi connectivity index (χ2n) is 4.22. The lowest BCUT2D eigenvalue weighted by molar-refractivity contribution is 0.825. The maximum Gasteiger partial charge on any atom is 0.254 e. The molecule has 7 heteroatoms. The van der Waals surface area contributed by atoms with Crippen molar-refractivity contribution in [1.82, 2.24) is 19.6 Å². The van der Waals surface area contributed by atoms with Crippen LogP contribution >= 0.6 is 35.0 Å². The normalized spacial score (nSPS) is 11.2. The number of hydrogen-bond acceptors (Lipinski definition) is 4. The molecule has 0 aliphatic rings. The van der Waals surface area contributed by atoms with Crippen molar-refractivity contribution in [3.63, 3.8) is 0 Å². The summed E-state index contributed by atoms with van der Waals surface area (Å²) in [6.07, 6.45) is 1.48.